The summed E-state index contributed by atoms with van der Waals surface area (Å²) in [6.07, 6.45) is -0.764. The zero-order valence-corrected chi connectivity index (χ0v) is 10.8. The topological polar surface area (TPSA) is 63.4 Å². The molecule has 0 fully saturated rings. The van der Waals surface area contributed by atoms with Gasteiger partial charge in [0.1, 0.15) is 6.10 Å². The molecular weight excluding hydrogens is 242 g/mol. The van der Waals surface area contributed by atoms with Crippen LogP contribution in [0.2, 0.25) is 0 Å². The van der Waals surface area contributed by atoms with Crippen molar-refractivity contribution >= 4 is 5.69 Å². The van der Waals surface area contributed by atoms with Crippen LogP contribution in [0.15, 0.2) is 42.5 Å². The average molecular weight is 257 g/mol. The van der Waals surface area contributed by atoms with Crippen molar-refractivity contribution in [3.05, 3.63) is 74.8 Å². The van der Waals surface area contributed by atoms with E-state index in [1.165, 1.54) is 6.07 Å². The third-order valence-electron chi connectivity index (χ3n) is 3.13. The van der Waals surface area contributed by atoms with Gasteiger partial charge < -0.3 is 5.11 Å². The first-order chi connectivity index (χ1) is 8.99. The van der Waals surface area contributed by atoms with Crippen LogP contribution in [0, 0.1) is 24.0 Å². The lowest BCUT2D eigenvalue weighted by molar-refractivity contribution is -0.385. The molecule has 0 bridgehead atoms. The Balaban J connectivity index is 2.34. The quantitative estimate of drug-likeness (QED) is 0.677. The van der Waals surface area contributed by atoms with Crippen LogP contribution in [-0.4, -0.2) is 10.0 Å². The Morgan fingerprint density at radius 2 is 1.63 bits per heavy atom. The van der Waals surface area contributed by atoms with Crippen molar-refractivity contribution < 1.29 is 10.0 Å². The predicted molar refractivity (Wildman–Crippen MR) is 73.1 cm³/mol. The third-order valence-corrected chi connectivity index (χ3v) is 3.13. The van der Waals surface area contributed by atoms with Gasteiger partial charge in [-0.15, -0.1) is 0 Å². The molecule has 2 aromatic rings. The molecule has 1 atom stereocenters. The molecule has 0 aliphatic carbocycles. The van der Waals surface area contributed by atoms with Crippen LogP contribution in [-0.2, 0) is 0 Å². The van der Waals surface area contributed by atoms with Crippen molar-refractivity contribution in [2.24, 2.45) is 0 Å². The second-order valence-electron chi connectivity index (χ2n) is 4.62. The van der Waals surface area contributed by atoms with Crippen molar-refractivity contribution in [1.29, 1.82) is 0 Å². The van der Waals surface area contributed by atoms with Crippen molar-refractivity contribution in [2.45, 2.75) is 20.0 Å². The summed E-state index contributed by atoms with van der Waals surface area (Å²) in [6.45, 7) is 3.65. The summed E-state index contributed by atoms with van der Waals surface area (Å²) in [5, 5.41) is 21.0. The van der Waals surface area contributed by atoms with Gasteiger partial charge in [0.05, 0.1) is 4.92 Å². The molecule has 1 N–H and O–H groups in total. The monoisotopic (exact) mass is 257 g/mol. The Morgan fingerprint density at radius 1 is 1.05 bits per heavy atom. The molecule has 2 rings (SSSR count). The Labute approximate surface area is 111 Å². The molecule has 0 aromatic heterocycles. The molecular formula is C15H15NO3. The van der Waals surface area contributed by atoms with Gasteiger partial charge in [0, 0.05) is 11.6 Å². The Morgan fingerprint density at radius 3 is 2.16 bits per heavy atom. The van der Waals surface area contributed by atoms with Crippen LogP contribution in [0.4, 0.5) is 5.69 Å². The molecule has 0 heterocycles. The van der Waals surface area contributed by atoms with E-state index >= 15 is 0 Å². The number of benzene rings is 2. The molecule has 0 radical (unpaired) electrons. The lowest BCUT2D eigenvalue weighted by Crippen LogP contribution is -2.01. The normalized spacial score (nSPS) is 12.2. The van der Waals surface area contributed by atoms with Crippen LogP contribution in [0.25, 0.3) is 0 Å². The van der Waals surface area contributed by atoms with E-state index < -0.39 is 11.0 Å². The zero-order chi connectivity index (χ0) is 14.0. The van der Waals surface area contributed by atoms with Gasteiger partial charge in [0.25, 0.3) is 5.69 Å². The zero-order valence-electron chi connectivity index (χ0n) is 10.8. The number of hydrogen-bond acceptors (Lipinski definition) is 3. The number of aliphatic hydroxyl groups is 1. The minimum absolute atomic E-state index is 0.0693. The van der Waals surface area contributed by atoms with Crippen molar-refractivity contribution in [3.63, 3.8) is 0 Å². The van der Waals surface area contributed by atoms with Crippen molar-refractivity contribution in [1.82, 2.24) is 0 Å². The lowest BCUT2D eigenvalue weighted by Gasteiger charge is -2.12. The van der Waals surface area contributed by atoms with E-state index in [2.05, 4.69) is 0 Å². The number of rotatable bonds is 3. The lowest BCUT2D eigenvalue weighted by atomic mass is 9.98. The van der Waals surface area contributed by atoms with E-state index in [4.69, 9.17) is 0 Å². The molecule has 0 amide bonds. The fraction of sp³-hybridized carbons (Fsp3) is 0.200. The van der Waals surface area contributed by atoms with E-state index in [1.54, 1.807) is 19.1 Å². The van der Waals surface area contributed by atoms with Crippen LogP contribution in [0.3, 0.4) is 0 Å². The summed E-state index contributed by atoms with van der Waals surface area (Å²) in [6, 6.07) is 12.3. The summed E-state index contributed by atoms with van der Waals surface area (Å²) in [5.74, 6) is 0. The highest BCUT2D eigenvalue weighted by atomic mass is 16.6. The molecule has 4 nitrogen and oxygen atoms in total. The minimum Gasteiger partial charge on any atom is -0.384 e. The third kappa shape index (κ3) is 2.80. The first-order valence-electron chi connectivity index (χ1n) is 5.98. The maximum Gasteiger partial charge on any atom is 0.272 e. The van der Waals surface area contributed by atoms with E-state index in [1.807, 2.05) is 31.2 Å². The Hall–Kier alpha value is -2.20. The smallest absolute Gasteiger partial charge is 0.272 e. The molecule has 98 valence electrons. The van der Waals surface area contributed by atoms with Gasteiger partial charge in [-0.05, 0) is 37.1 Å². The van der Waals surface area contributed by atoms with Crippen LogP contribution in [0.5, 0.6) is 0 Å². The summed E-state index contributed by atoms with van der Waals surface area (Å²) < 4.78 is 0. The van der Waals surface area contributed by atoms with Gasteiger partial charge in [-0.1, -0.05) is 29.8 Å². The SMILES string of the molecule is Cc1ccc(C(O)c2ccc([N+](=O)[O-])c(C)c2)cc1. The summed E-state index contributed by atoms with van der Waals surface area (Å²) >= 11 is 0. The number of aliphatic hydroxyl groups excluding tert-OH is 1. The summed E-state index contributed by atoms with van der Waals surface area (Å²) in [5.41, 5.74) is 3.18. The Kier molecular flexibility index (Phi) is 3.62. The van der Waals surface area contributed by atoms with Gasteiger partial charge in [-0.3, -0.25) is 10.1 Å². The highest BCUT2D eigenvalue weighted by molar-refractivity contribution is 5.44. The van der Waals surface area contributed by atoms with Crippen molar-refractivity contribution in [3.8, 4) is 0 Å². The molecule has 0 saturated carbocycles. The second kappa shape index (κ2) is 5.20. The van der Waals surface area contributed by atoms with Gasteiger partial charge in [0.15, 0.2) is 0 Å². The highest BCUT2D eigenvalue weighted by Gasteiger charge is 2.15. The van der Waals surface area contributed by atoms with Gasteiger partial charge >= 0.3 is 0 Å². The molecule has 0 spiro atoms. The molecule has 19 heavy (non-hydrogen) atoms. The van der Waals surface area contributed by atoms with Gasteiger partial charge in [-0.25, -0.2) is 0 Å². The van der Waals surface area contributed by atoms with Crippen LogP contribution in [0.1, 0.15) is 28.4 Å². The first-order valence-corrected chi connectivity index (χ1v) is 5.98. The minimum atomic E-state index is -0.764. The molecule has 0 aliphatic heterocycles. The van der Waals surface area contributed by atoms with E-state index in [0.717, 1.165) is 11.1 Å². The fourth-order valence-corrected chi connectivity index (χ4v) is 1.99. The standard InChI is InChI=1S/C15H15NO3/c1-10-3-5-12(6-4-10)15(17)13-7-8-14(16(18)19)11(2)9-13/h3-9,15,17H,1-2H3. The largest absolute Gasteiger partial charge is 0.384 e. The van der Waals surface area contributed by atoms with Crippen LogP contribution >= 0.6 is 0 Å². The number of nitro benzene ring substituents is 1. The van der Waals surface area contributed by atoms with Crippen molar-refractivity contribution in [2.75, 3.05) is 0 Å². The summed E-state index contributed by atoms with van der Waals surface area (Å²) in [4.78, 5) is 10.3. The highest BCUT2D eigenvalue weighted by Crippen LogP contribution is 2.26. The average Bonchev–Trinajstić information content (AvgIpc) is 2.38. The van der Waals surface area contributed by atoms with E-state index in [9.17, 15) is 15.2 Å². The van der Waals surface area contributed by atoms with Crippen LogP contribution < -0.4 is 0 Å². The number of nitrogens with zero attached hydrogens (tertiary/aromatic N) is 1. The first kappa shape index (κ1) is 13.2. The van der Waals surface area contributed by atoms with Gasteiger partial charge in [-0.2, -0.15) is 0 Å². The van der Waals surface area contributed by atoms with E-state index in [0.29, 0.717) is 11.1 Å². The molecule has 0 aliphatic rings. The van der Waals surface area contributed by atoms with Gasteiger partial charge in [0.2, 0.25) is 0 Å². The molecule has 0 saturated heterocycles. The molecule has 2 aromatic carbocycles. The summed E-state index contributed by atoms with van der Waals surface area (Å²) in [7, 11) is 0. The maximum atomic E-state index is 10.8. The predicted octanol–water partition coefficient (Wildman–Crippen LogP) is 3.29. The molecule has 4 heteroatoms. The number of aryl methyl sites for hydroxylation is 2. The second-order valence-corrected chi connectivity index (χ2v) is 4.62. The number of nitro groups is 1. The molecule has 1 unspecified atom stereocenters. The number of hydrogen-bond donors (Lipinski definition) is 1. The van der Waals surface area contributed by atoms with E-state index in [-0.39, 0.29) is 5.69 Å². The Bertz CT molecular complexity index is 605. The maximum absolute atomic E-state index is 10.8. The fourth-order valence-electron chi connectivity index (χ4n) is 1.99.